The van der Waals surface area contributed by atoms with E-state index in [1.165, 1.54) is 0 Å². The van der Waals surface area contributed by atoms with Crippen LogP contribution in [-0.4, -0.2) is 19.9 Å². The van der Waals surface area contributed by atoms with Gasteiger partial charge < -0.3 is 0 Å². The molecule has 1 aliphatic rings. The van der Waals surface area contributed by atoms with Crippen LogP contribution in [0.5, 0.6) is 0 Å². The van der Waals surface area contributed by atoms with Crippen molar-refractivity contribution in [3.63, 3.8) is 0 Å². The third kappa shape index (κ3) is 2.82. The van der Waals surface area contributed by atoms with Crippen molar-refractivity contribution in [3.05, 3.63) is 0 Å². The highest BCUT2D eigenvalue weighted by Crippen LogP contribution is 2.21. The van der Waals surface area contributed by atoms with Crippen molar-refractivity contribution in [1.29, 1.82) is 5.26 Å². The summed E-state index contributed by atoms with van der Waals surface area (Å²) >= 11 is 0. The molecule has 0 aromatic heterocycles. The first-order valence-electron chi connectivity index (χ1n) is 4.21. The van der Waals surface area contributed by atoms with Crippen molar-refractivity contribution in [2.24, 2.45) is 5.92 Å². The normalized spacial score (nSPS) is 27.8. The predicted octanol–water partition coefficient (Wildman–Crippen LogP) is 1.11. The molecule has 0 aliphatic carbocycles. The van der Waals surface area contributed by atoms with Crippen LogP contribution in [0.25, 0.3) is 0 Å². The Morgan fingerprint density at radius 2 is 2.25 bits per heavy atom. The smallest absolute Gasteiger partial charge is 0.150 e. The summed E-state index contributed by atoms with van der Waals surface area (Å²) in [7, 11) is -2.77. The Morgan fingerprint density at radius 3 is 2.83 bits per heavy atom. The van der Waals surface area contributed by atoms with Gasteiger partial charge in [-0.25, -0.2) is 8.42 Å². The lowest BCUT2D eigenvalue weighted by Crippen LogP contribution is -2.24. The molecule has 4 heteroatoms. The molecule has 0 aromatic rings. The fourth-order valence-corrected chi connectivity index (χ4v) is 3.44. The zero-order valence-corrected chi connectivity index (χ0v) is 7.81. The number of rotatable bonds is 2. The van der Waals surface area contributed by atoms with Gasteiger partial charge in [0.1, 0.15) is 0 Å². The van der Waals surface area contributed by atoms with E-state index < -0.39 is 9.84 Å². The molecule has 0 amide bonds. The molecule has 1 fully saturated rings. The third-order valence-corrected chi connectivity index (χ3v) is 4.11. The predicted molar refractivity (Wildman–Crippen MR) is 46.2 cm³/mol. The molecule has 0 saturated carbocycles. The van der Waals surface area contributed by atoms with E-state index in [0.717, 1.165) is 19.3 Å². The molecule has 0 bridgehead atoms. The Balaban J connectivity index is 2.43. The van der Waals surface area contributed by atoms with E-state index in [1.807, 2.05) is 6.07 Å². The van der Waals surface area contributed by atoms with E-state index in [4.69, 9.17) is 5.26 Å². The van der Waals surface area contributed by atoms with E-state index in [2.05, 4.69) is 0 Å². The molecule has 1 saturated heterocycles. The van der Waals surface area contributed by atoms with E-state index in [-0.39, 0.29) is 5.92 Å². The molecule has 12 heavy (non-hydrogen) atoms. The fourth-order valence-electron chi connectivity index (χ4n) is 1.61. The average molecular weight is 187 g/mol. The van der Waals surface area contributed by atoms with Crippen LogP contribution in [0, 0.1) is 17.2 Å². The zero-order chi connectivity index (χ0) is 9.03. The van der Waals surface area contributed by atoms with Crippen molar-refractivity contribution in [2.45, 2.75) is 25.7 Å². The van der Waals surface area contributed by atoms with Crippen molar-refractivity contribution in [2.75, 3.05) is 11.5 Å². The molecule has 0 radical (unpaired) electrons. The lowest BCUT2D eigenvalue weighted by atomic mass is 10.0. The highest BCUT2D eigenvalue weighted by atomic mass is 32.2. The molecule has 0 spiro atoms. The van der Waals surface area contributed by atoms with Gasteiger partial charge >= 0.3 is 0 Å². The molecule has 3 nitrogen and oxygen atoms in total. The maximum Gasteiger partial charge on any atom is 0.150 e. The van der Waals surface area contributed by atoms with E-state index in [1.54, 1.807) is 0 Å². The second-order valence-corrected chi connectivity index (χ2v) is 5.55. The number of hydrogen-bond donors (Lipinski definition) is 0. The van der Waals surface area contributed by atoms with Gasteiger partial charge in [0.2, 0.25) is 0 Å². The number of nitrogens with zero attached hydrogens (tertiary/aromatic N) is 1. The highest BCUT2D eigenvalue weighted by Gasteiger charge is 2.23. The van der Waals surface area contributed by atoms with Gasteiger partial charge in [-0.15, -0.1) is 0 Å². The number of hydrogen-bond acceptors (Lipinski definition) is 3. The molecular weight excluding hydrogens is 174 g/mol. The van der Waals surface area contributed by atoms with Gasteiger partial charge in [-0.3, -0.25) is 0 Å². The molecule has 68 valence electrons. The van der Waals surface area contributed by atoms with Crippen molar-refractivity contribution in [1.82, 2.24) is 0 Å². The Hall–Kier alpha value is -0.560. The summed E-state index contributed by atoms with van der Waals surface area (Å²) in [6.07, 6.45) is 2.98. The molecule has 1 unspecified atom stereocenters. The maximum atomic E-state index is 11.1. The minimum Gasteiger partial charge on any atom is -0.229 e. The summed E-state index contributed by atoms with van der Waals surface area (Å²) in [6.45, 7) is 0. The second-order valence-electron chi connectivity index (χ2n) is 3.32. The van der Waals surface area contributed by atoms with Gasteiger partial charge in [0, 0.05) is 6.42 Å². The lowest BCUT2D eigenvalue weighted by Gasteiger charge is -2.20. The molecule has 1 atom stereocenters. The Morgan fingerprint density at radius 1 is 1.50 bits per heavy atom. The minimum atomic E-state index is -2.77. The largest absolute Gasteiger partial charge is 0.229 e. The van der Waals surface area contributed by atoms with Crippen molar-refractivity contribution < 1.29 is 8.42 Å². The summed E-state index contributed by atoms with van der Waals surface area (Å²) in [6, 6.07) is 2.05. The summed E-state index contributed by atoms with van der Waals surface area (Å²) in [5, 5.41) is 8.33. The van der Waals surface area contributed by atoms with Crippen LogP contribution in [0.15, 0.2) is 0 Å². The summed E-state index contributed by atoms with van der Waals surface area (Å²) < 4.78 is 22.3. The summed E-state index contributed by atoms with van der Waals surface area (Å²) in [5.41, 5.74) is 0. The summed E-state index contributed by atoms with van der Waals surface area (Å²) in [5.74, 6) is 0.883. The van der Waals surface area contributed by atoms with Crippen LogP contribution in [-0.2, 0) is 9.84 Å². The third-order valence-electron chi connectivity index (χ3n) is 2.22. The highest BCUT2D eigenvalue weighted by molar-refractivity contribution is 7.91. The zero-order valence-electron chi connectivity index (χ0n) is 6.99. The number of nitriles is 1. The standard InChI is InChI=1S/C8H13NO2S/c9-5-1-3-8-4-2-6-12(10,11)7-8/h8H,1-4,6-7H2. The maximum absolute atomic E-state index is 11.1. The lowest BCUT2D eigenvalue weighted by molar-refractivity contribution is 0.463. The Kier molecular flexibility index (Phi) is 3.10. The Bertz CT molecular complexity index is 276. The van der Waals surface area contributed by atoms with Gasteiger partial charge in [-0.1, -0.05) is 0 Å². The van der Waals surface area contributed by atoms with Crippen LogP contribution in [0.2, 0.25) is 0 Å². The van der Waals surface area contributed by atoms with Crippen LogP contribution in [0.1, 0.15) is 25.7 Å². The monoisotopic (exact) mass is 187 g/mol. The average Bonchev–Trinajstić information content (AvgIpc) is 1.99. The second kappa shape index (κ2) is 3.90. The van der Waals surface area contributed by atoms with Crippen LogP contribution >= 0.6 is 0 Å². The first kappa shape index (κ1) is 9.53. The molecular formula is C8H13NO2S. The van der Waals surface area contributed by atoms with Crippen LogP contribution in [0.3, 0.4) is 0 Å². The molecule has 1 aliphatic heterocycles. The van der Waals surface area contributed by atoms with Crippen LogP contribution < -0.4 is 0 Å². The summed E-state index contributed by atoms with van der Waals surface area (Å²) in [4.78, 5) is 0. The topological polar surface area (TPSA) is 57.9 Å². The fraction of sp³-hybridized carbons (Fsp3) is 0.875. The van der Waals surface area contributed by atoms with Crippen LogP contribution in [0.4, 0.5) is 0 Å². The van der Waals surface area contributed by atoms with Crippen molar-refractivity contribution >= 4 is 9.84 Å². The van der Waals surface area contributed by atoms with E-state index in [0.29, 0.717) is 17.9 Å². The minimum absolute atomic E-state index is 0.239. The Labute approximate surface area is 73.3 Å². The van der Waals surface area contributed by atoms with Gasteiger partial charge in [0.25, 0.3) is 0 Å². The van der Waals surface area contributed by atoms with Gasteiger partial charge in [0.15, 0.2) is 9.84 Å². The molecule has 0 aromatic carbocycles. The van der Waals surface area contributed by atoms with E-state index in [9.17, 15) is 8.42 Å². The SMILES string of the molecule is N#CCCC1CCCS(=O)(=O)C1. The van der Waals surface area contributed by atoms with Gasteiger partial charge in [0.05, 0.1) is 17.6 Å². The molecule has 0 N–H and O–H groups in total. The quantitative estimate of drug-likeness (QED) is 0.650. The first-order chi connectivity index (χ1) is 5.64. The van der Waals surface area contributed by atoms with Gasteiger partial charge in [-0.05, 0) is 25.2 Å². The van der Waals surface area contributed by atoms with E-state index >= 15 is 0 Å². The van der Waals surface area contributed by atoms with Crippen molar-refractivity contribution in [3.8, 4) is 6.07 Å². The molecule has 1 heterocycles. The first-order valence-corrected chi connectivity index (χ1v) is 6.03. The van der Waals surface area contributed by atoms with Gasteiger partial charge in [-0.2, -0.15) is 5.26 Å². The number of sulfone groups is 1. The molecule has 1 rings (SSSR count).